The summed E-state index contributed by atoms with van der Waals surface area (Å²) < 4.78 is 1.91. The van der Waals surface area contributed by atoms with Crippen LogP contribution in [0.1, 0.15) is 0 Å². The maximum atomic E-state index is 5.81. The maximum Gasteiger partial charge on any atom is 0.144 e. The Morgan fingerprint density at radius 1 is 1.38 bits per heavy atom. The predicted molar refractivity (Wildman–Crippen MR) is 63.5 cm³/mol. The van der Waals surface area contributed by atoms with Gasteiger partial charge in [-0.25, -0.2) is 9.97 Å². The van der Waals surface area contributed by atoms with Gasteiger partial charge in [0.05, 0.1) is 5.39 Å². The molecule has 0 aromatic carbocycles. The van der Waals surface area contributed by atoms with Crippen LogP contribution >= 0.6 is 34.2 Å². The van der Waals surface area contributed by atoms with Crippen molar-refractivity contribution in [3.8, 4) is 0 Å². The maximum absolute atomic E-state index is 5.81. The SMILES string of the molecule is CI.Cn1ccc2c(Cl)ncnc21. The van der Waals surface area contributed by atoms with E-state index in [0.29, 0.717) is 5.15 Å². The molecule has 0 spiro atoms. The number of aryl methyl sites for hydroxylation is 1. The van der Waals surface area contributed by atoms with Crippen molar-refractivity contribution in [2.75, 3.05) is 4.93 Å². The van der Waals surface area contributed by atoms with Gasteiger partial charge < -0.3 is 4.57 Å². The average Bonchev–Trinajstić information content (AvgIpc) is 2.53. The highest BCUT2D eigenvalue weighted by molar-refractivity contribution is 14.1. The lowest BCUT2D eigenvalue weighted by Crippen LogP contribution is -1.88. The van der Waals surface area contributed by atoms with Gasteiger partial charge in [-0.1, -0.05) is 34.2 Å². The van der Waals surface area contributed by atoms with Crippen molar-refractivity contribution in [1.29, 1.82) is 0 Å². The normalized spacial score (nSPS) is 9.54. The van der Waals surface area contributed by atoms with Gasteiger partial charge >= 0.3 is 0 Å². The number of nitrogens with zero attached hydrogens (tertiary/aromatic N) is 3. The molecule has 0 aliphatic carbocycles. The van der Waals surface area contributed by atoms with Gasteiger partial charge in [-0.2, -0.15) is 0 Å². The molecule has 0 aliphatic rings. The van der Waals surface area contributed by atoms with Gasteiger partial charge in [0.25, 0.3) is 0 Å². The fourth-order valence-corrected chi connectivity index (χ4v) is 1.24. The molecule has 3 nitrogen and oxygen atoms in total. The van der Waals surface area contributed by atoms with E-state index < -0.39 is 0 Å². The summed E-state index contributed by atoms with van der Waals surface area (Å²) in [6.45, 7) is 0. The van der Waals surface area contributed by atoms with Crippen molar-refractivity contribution < 1.29 is 0 Å². The summed E-state index contributed by atoms with van der Waals surface area (Å²) in [5, 5.41) is 1.41. The minimum absolute atomic E-state index is 0.510. The van der Waals surface area contributed by atoms with Gasteiger partial charge in [-0.15, -0.1) is 0 Å². The average molecular weight is 310 g/mol. The summed E-state index contributed by atoms with van der Waals surface area (Å²) in [6, 6.07) is 1.90. The Bertz CT molecular complexity index is 399. The van der Waals surface area contributed by atoms with Crippen molar-refractivity contribution in [2.45, 2.75) is 0 Å². The fourth-order valence-electron chi connectivity index (χ4n) is 1.05. The van der Waals surface area contributed by atoms with Crippen LogP contribution in [0.25, 0.3) is 11.0 Å². The monoisotopic (exact) mass is 309 g/mol. The number of alkyl halides is 1. The lowest BCUT2D eigenvalue weighted by molar-refractivity contribution is 0.943. The fraction of sp³-hybridized carbons (Fsp3) is 0.250. The Morgan fingerprint density at radius 3 is 2.69 bits per heavy atom. The van der Waals surface area contributed by atoms with E-state index >= 15 is 0 Å². The molecule has 2 aromatic heterocycles. The molecular formula is C8H9ClIN3. The molecule has 2 heterocycles. The van der Waals surface area contributed by atoms with Gasteiger partial charge in [-0.05, 0) is 11.0 Å². The number of halogens is 2. The standard InChI is InChI=1S/C7H6ClN3.CH3I/c1-11-3-2-5-6(8)9-4-10-7(5)11;1-2/h2-4H,1H3;1H3. The predicted octanol–water partition coefficient (Wildman–Crippen LogP) is 2.67. The molecule has 0 aliphatic heterocycles. The minimum atomic E-state index is 0.510. The Hall–Kier alpha value is -0.360. The molecule has 5 heteroatoms. The molecule has 0 radical (unpaired) electrons. The highest BCUT2D eigenvalue weighted by Crippen LogP contribution is 2.18. The highest BCUT2D eigenvalue weighted by Gasteiger charge is 2.02. The van der Waals surface area contributed by atoms with Crippen LogP contribution in [0.3, 0.4) is 0 Å². The molecule has 2 aromatic rings. The molecule has 0 saturated heterocycles. The molecule has 13 heavy (non-hydrogen) atoms. The van der Waals surface area contributed by atoms with Crippen LogP contribution in [0.5, 0.6) is 0 Å². The van der Waals surface area contributed by atoms with Gasteiger partial charge in [0.15, 0.2) is 0 Å². The molecule has 0 unspecified atom stereocenters. The van der Waals surface area contributed by atoms with Gasteiger partial charge in [0.2, 0.25) is 0 Å². The van der Waals surface area contributed by atoms with Crippen LogP contribution in [0.4, 0.5) is 0 Å². The third-order valence-electron chi connectivity index (χ3n) is 1.61. The van der Waals surface area contributed by atoms with Crippen LogP contribution in [-0.2, 0) is 7.05 Å². The third-order valence-corrected chi connectivity index (χ3v) is 1.91. The second-order valence-electron chi connectivity index (χ2n) is 2.33. The second-order valence-corrected chi connectivity index (χ2v) is 2.69. The first-order chi connectivity index (χ1) is 6.29. The molecule has 70 valence electrons. The van der Waals surface area contributed by atoms with E-state index in [9.17, 15) is 0 Å². The molecular weight excluding hydrogens is 300 g/mol. The Labute approximate surface area is 95.3 Å². The van der Waals surface area contributed by atoms with Crippen molar-refractivity contribution in [2.24, 2.45) is 7.05 Å². The lowest BCUT2D eigenvalue weighted by atomic mass is 10.4. The van der Waals surface area contributed by atoms with Crippen molar-refractivity contribution in [3.05, 3.63) is 23.7 Å². The summed E-state index contributed by atoms with van der Waals surface area (Å²) in [7, 11) is 1.92. The van der Waals surface area contributed by atoms with Gasteiger partial charge in [0.1, 0.15) is 17.1 Å². The van der Waals surface area contributed by atoms with E-state index in [1.807, 2.05) is 28.8 Å². The van der Waals surface area contributed by atoms with Crippen LogP contribution < -0.4 is 0 Å². The molecule has 0 fully saturated rings. The number of fused-ring (bicyclic) bond motifs is 1. The summed E-state index contributed by atoms with van der Waals surface area (Å²) in [5.41, 5.74) is 0.866. The minimum Gasteiger partial charge on any atom is -0.335 e. The summed E-state index contributed by atoms with van der Waals surface area (Å²) in [4.78, 5) is 9.90. The number of aromatic nitrogens is 3. The molecule has 2 rings (SSSR count). The zero-order valence-electron chi connectivity index (χ0n) is 7.33. The van der Waals surface area contributed by atoms with Crippen molar-refractivity contribution in [3.63, 3.8) is 0 Å². The van der Waals surface area contributed by atoms with Crippen LogP contribution in [-0.4, -0.2) is 19.5 Å². The quantitative estimate of drug-likeness (QED) is 0.425. The van der Waals surface area contributed by atoms with E-state index in [1.165, 1.54) is 6.33 Å². The van der Waals surface area contributed by atoms with Gasteiger partial charge in [-0.3, -0.25) is 0 Å². The second kappa shape index (κ2) is 4.76. The first-order valence-electron chi connectivity index (χ1n) is 3.58. The molecule has 0 bridgehead atoms. The molecule has 0 saturated carbocycles. The Balaban J connectivity index is 0.000000396. The summed E-state index contributed by atoms with van der Waals surface area (Å²) >= 11 is 7.96. The van der Waals surface area contributed by atoms with Gasteiger partial charge in [0, 0.05) is 13.2 Å². The van der Waals surface area contributed by atoms with E-state index in [2.05, 4.69) is 32.6 Å². The van der Waals surface area contributed by atoms with E-state index in [-0.39, 0.29) is 0 Å². The van der Waals surface area contributed by atoms with Crippen molar-refractivity contribution in [1.82, 2.24) is 14.5 Å². The summed E-state index contributed by atoms with van der Waals surface area (Å²) in [6.07, 6.45) is 3.37. The zero-order valence-corrected chi connectivity index (χ0v) is 10.2. The molecule has 0 atom stereocenters. The highest BCUT2D eigenvalue weighted by atomic mass is 127. The third kappa shape index (κ3) is 2.11. The lowest BCUT2D eigenvalue weighted by Gasteiger charge is -1.93. The number of rotatable bonds is 0. The zero-order chi connectivity index (χ0) is 9.84. The Morgan fingerprint density at radius 2 is 2.08 bits per heavy atom. The first kappa shape index (κ1) is 10.7. The van der Waals surface area contributed by atoms with Crippen LogP contribution in [0.2, 0.25) is 5.15 Å². The van der Waals surface area contributed by atoms with Crippen molar-refractivity contribution >= 4 is 45.2 Å². The first-order valence-corrected chi connectivity index (χ1v) is 6.12. The Kier molecular flexibility index (Phi) is 3.92. The topological polar surface area (TPSA) is 30.7 Å². The van der Waals surface area contributed by atoms with E-state index in [4.69, 9.17) is 11.6 Å². The molecule has 0 amide bonds. The number of hydrogen-bond donors (Lipinski definition) is 0. The van der Waals surface area contributed by atoms with E-state index in [0.717, 1.165) is 11.0 Å². The van der Waals surface area contributed by atoms with E-state index in [1.54, 1.807) is 0 Å². The van der Waals surface area contributed by atoms with Crippen LogP contribution in [0, 0.1) is 0 Å². The number of hydrogen-bond acceptors (Lipinski definition) is 2. The molecule has 0 N–H and O–H groups in total. The van der Waals surface area contributed by atoms with Crippen LogP contribution in [0.15, 0.2) is 18.6 Å². The smallest absolute Gasteiger partial charge is 0.144 e. The summed E-state index contributed by atoms with van der Waals surface area (Å²) in [5.74, 6) is 0. The largest absolute Gasteiger partial charge is 0.335 e.